The van der Waals surface area contributed by atoms with Crippen LogP contribution in [0.2, 0.25) is 0 Å². The van der Waals surface area contributed by atoms with E-state index in [0.29, 0.717) is 29.7 Å². The van der Waals surface area contributed by atoms with Gasteiger partial charge in [-0.05, 0) is 25.0 Å². The molecule has 3 fully saturated rings. The molecule has 2 bridgehead atoms. The first kappa shape index (κ1) is 14.6. The van der Waals surface area contributed by atoms with Crippen molar-refractivity contribution < 1.29 is 14.3 Å². The van der Waals surface area contributed by atoms with Gasteiger partial charge < -0.3 is 19.3 Å². The van der Waals surface area contributed by atoms with Gasteiger partial charge in [0.05, 0.1) is 12.7 Å². The van der Waals surface area contributed by atoms with Gasteiger partial charge in [0.25, 0.3) is 0 Å². The van der Waals surface area contributed by atoms with Gasteiger partial charge in [-0.1, -0.05) is 6.07 Å². The Balaban J connectivity index is 1.64. The minimum Gasteiger partial charge on any atom is -0.496 e. The van der Waals surface area contributed by atoms with Crippen LogP contribution in [0.5, 0.6) is 11.5 Å². The van der Waals surface area contributed by atoms with E-state index in [-0.39, 0.29) is 5.78 Å². The van der Waals surface area contributed by atoms with Gasteiger partial charge >= 0.3 is 0 Å². The molecule has 0 unspecified atom stereocenters. The molecule has 4 aliphatic rings. The molecular weight excluding hydrogens is 292 g/mol. The van der Waals surface area contributed by atoms with Crippen LogP contribution in [0.25, 0.3) is 0 Å². The molecule has 1 aromatic rings. The Hall–Kier alpha value is -2.01. The van der Waals surface area contributed by atoms with Crippen molar-refractivity contribution in [1.29, 1.82) is 0 Å². The SMILES string of the molecule is COc1cccc2c1C(=O)C(=CN1CCN3CCC1CC3)CO2. The van der Waals surface area contributed by atoms with Gasteiger partial charge in [-0.15, -0.1) is 0 Å². The monoisotopic (exact) mass is 314 g/mol. The molecule has 0 spiro atoms. The van der Waals surface area contributed by atoms with Crippen LogP contribution in [-0.4, -0.2) is 61.5 Å². The Labute approximate surface area is 136 Å². The number of rotatable bonds is 2. The second kappa shape index (κ2) is 5.89. The highest BCUT2D eigenvalue weighted by molar-refractivity contribution is 6.13. The first-order valence-electron chi connectivity index (χ1n) is 8.29. The lowest BCUT2D eigenvalue weighted by Crippen LogP contribution is -2.36. The van der Waals surface area contributed by atoms with Crippen LogP contribution in [0.4, 0.5) is 0 Å². The van der Waals surface area contributed by atoms with Gasteiger partial charge in [-0.2, -0.15) is 0 Å². The lowest BCUT2D eigenvalue weighted by atomic mass is 9.99. The zero-order valence-electron chi connectivity index (χ0n) is 13.5. The van der Waals surface area contributed by atoms with Crippen LogP contribution in [0, 0.1) is 0 Å². The largest absolute Gasteiger partial charge is 0.496 e. The molecule has 1 aromatic carbocycles. The Morgan fingerprint density at radius 3 is 2.83 bits per heavy atom. The number of fused-ring (bicyclic) bond motifs is 5. The second-order valence-corrected chi connectivity index (χ2v) is 6.42. The van der Waals surface area contributed by atoms with E-state index >= 15 is 0 Å². The van der Waals surface area contributed by atoms with Gasteiger partial charge in [0, 0.05) is 38.4 Å². The average molecular weight is 314 g/mol. The van der Waals surface area contributed by atoms with Crippen molar-refractivity contribution in [2.75, 3.05) is 39.9 Å². The molecule has 0 radical (unpaired) electrons. The van der Waals surface area contributed by atoms with E-state index in [1.807, 2.05) is 24.4 Å². The fraction of sp³-hybridized carbons (Fsp3) is 0.500. The number of nitrogens with zero attached hydrogens (tertiary/aromatic N) is 2. The lowest BCUT2D eigenvalue weighted by molar-refractivity contribution is 0.0990. The fourth-order valence-corrected chi connectivity index (χ4v) is 3.79. The number of carbonyl (C=O) groups excluding carboxylic acids is 1. The summed E-state index contributed by atoms with van der Waals surface area (Å²) in [7, 11) is 1.59. The molecule has 4 aliphatic heterocycles. The fourth-order valence-electron chi connectivity index (χ4n) is 3.79. The predicted octanol–water partition coefficient (Wildman–Crippen LogP) is 1.93. The normalized spacial score (nSPS) is 28.3. The number of methoxy groups -OCH3 is 1. The summed E-state index contributed by atoms with van der Waals surface area (Å²) in [5.74, 6) is 1.23. The smallest absolute Gasteiger partial charge is 0.201 e. The molecule has 0 atom stereocenters. The highest BCUT2D eigenvalue weighted by atomic mass is 16.5. The summed E-state index contributed by atoms with van der Waals surface area (Å²) < 4.78 is 11.1. The molecule has 5 nitrogen and oxygen atoms in total. The topological polar surface area (TPSA) is 42.0 Å². The molecule has 0 saturated carbocycles. The van der Waals surface area contributed by atoms with Crippen molar-refractivity contribution in [3.63, 3.8) is 0 Å². The first-order valence-corrected chi connectivity index (χ1v) is 8.29. The Morgan fingerprint density at radius 2 is 2.04 bits per heavy atom. The number of Topliss-reactive ketones (excluding diaryl/α,β-unsaturated/α-hetero) is 1. The van der Waals surface area contributed by atoms with E-state index in [0.717, 1.165) is 18.7 Å². The Kier molecular flexibility index (Phi) is 3.73. The molecule has 122 valence electrons. The van der Waals surface area contributed by atoms with E-state index in [1.54, 1.807) is 7.11 Å². The third-order valence-corrected chi connectivity index (χ3v) is 5.13. The van der Waals surface area contributed by atoms with E-state index in [1.165, 1.54) is 25.9 Å². The maximum Gasteiger partial charge on any atom is 0.201 e. The molecule has 5 heteroatoms. The zero-order chi connectivity index (χ0) is 15.8. The van der Waals surface area contributed by atoms with Crippen LogP contribution < -0.4 is 9.47 Å². The number of ether oxygens (including phenoxy) is 2. The summed E-state index contributed by atoms with van der Waals surface area (Å²) in [6.45, 7) is 4.75. The quantitative estimate of drug-likeness (QED) is 0.780. The van der Waals surface area contributed by atoms with Gasteiger partial charge in [0.1, 0.15) is 23.7 Å². The van der Waals surface area contributed by atoms with Gasteiger partial charge in [0.2, 0.25) is 5.78 Å². The molecule has 4 heterocycles. The number of hydrogen-bond donors (Lipinski definition) is 0. The van der Waals surface area contributed by atoms with Crippen LogP contribution in [0.15, 0.2) is 30.0 Å². The van der Waals surface area contributed by atoms with E-state index in [9.17, 15) is 4.79 Å². The maximum absolute atomic E-state index is 12.9. The molecule has 5 rings (SSSR count). The highest BCUT2D eigenvalue weighted by Crippen LogP contribution is 2.34. The summed E-state index contributed by atoms with van der Waals surface area (Å²) in [6.07, 6.45) is 4.40. The van der Waals surface area contributed by atoms with Gasteiger partial charge in [-0.25, -0.2) is 0 Å². The lowest BCUT2D eigenvalue weighted by Gasteiger charge is -2.31. The standard InChI is InChI=1S/C18H22N2O3/c1-22-15-3-2-4-16-17(15)18(21)13(12-23-16)11-20-10-9-19-7-5-14(20)6-8-19/h2-4,11,14H,5-10,12H2,1H3. The maximum atomic E-state index is 12.9. The highest BCUT2D eigenvalue weighted by Gasteiger charge is 2.31. The minimum atomic E-state index is 0.0304. The van der Waals surface area contributed by atoms with Gasteiger partial charge in [0.15, 0.2) is 0 Å². The Morgan fingerprint density at radius 1 is 1.22 bits per heavy atom. The van der Waals surface area contributed by atoms with Gasteiger partial charge in [-0.3, -0.25) is 4.79 Å². The van der Waals surface area contributed by atoms with Crippen molar-refractivity contribution in [3.05, 3.63) is 35.5 Å². The van der Waals surface area contributed by atoms with Crippen molar-refractivity contribution in [2.45, 2.75) is 18.9 Å². The summed E-state index contributed by atoms with van der Waals surface area (Å²) in [4.78, 5) is 17.8. The summed E-state index contributed by atoms with van der Waals surface area (Å²) in [6, 6.07) is 6.03. The number of benzene rings is 1. The number of ketones is 1. The molecule has 0 N–H and O–H groups in total. The van der Waals surface area contributed by atoms with Crippen LogP contribution >= 0.6 is 0 Å². The molecule has 3 saturated heterocycles. The third-order valence-electron chi connectivity index (χ3n) is 5.13. The van der Waals surface area contributed by atoms with Crippen LogP contribution in [-0.2, 0) is 0 Å². The van der Waals surface area contributed by atoms with Crippen molar-refractivity contribution in [1.82, 2.24) is 9.80 Å². The molecule has 23 heavy (non-hydrogen) atoms. The second-order valence-electron chi connectivity index (χ2n) is 6.42. The van der Waals surface area contributed by atoms with Crippen LogP contribution in [0.1, 0.15) is 23.2 Å². The molecule has 0 aliphatic carbocycles. The van der Waals surface area contributed by atoms with Crippen LogP contribution in [0.3, 0.4) is 0 Å². The Bertz CT molecular complexity index is 633. The molecule has 0 aromatic heterocycles. The number of hydrogen-bond acceptors (Lipinski definition) is 5. The summed E-state index contributed by atoms with van der Waals surface area (Å²) >= 11 is 0. The van der Waals surface area contributed by atoms with E-state index in [2.05, 4.69) is 9.80 Å². The van der Waals surface area contributed by atoms with Crippen molar-refractivity contribution in [2.24, 2.45) is 0 Å². The van der Waals surface area contributed by atoms with Crippen molar-refractivity contribution in [3.8, 4) is 11.5 Å². The molecule has 0 amide bonds. The van der Waals surface area contributed by atoms with E-state index < -0.39 is 0 Å². The predicted molar refractivity (Wildman–Crippen MR) is 87.1 cm³/mol. The molecular formula is C18H22N2O3. The average Bonchev–Trinajstić information content (AvgIpc) is 2.90. The van der Waals surface area contributed by atoms with E-state index in [4.69, 9.17) is 9.47 Å². The third kappa shape index (κ3) is 2.59. The zero-order valence-corrected chi connectivity index (χ0v) is 13.5. The number of piperidine rings is 1. The summed E-state index contributed by atoms with van der Waals surface area (Å²) in [5.41, 5.74) is 1.28. The number of carbonyl (C=O) groups is 1. The first-order chi connectivity index (χ1) is 11.3. The minimum absolute atomic E-state index is 0.0304. The van der Waals surface area contributed by atoms with Crippen molar-refractivity contribution >= 4 is 5.78 Å². The summed E-state index contributed by atoms with van der Waals surface area (Å²) in [5, 5.41) is 0.